The SMILES string of the molecule is Cc1cccc(C)c1NC(=O)[C@H](c1ccc(N(C)C)cc1)N(C)C(=O)c1cc(-c2ccccc2)nc2ccccc12. The zero-order valence-electron chi connectivity index (χ0n) is 24.1. The number of nitrogens with zero attached hydrogens (tertiary/aromatic N) is 3. The monoisotopic (exact) mass is 542 g/mol. The summed E-state index contributed by atoms with van der Waals surface area (Å²) in [7, 11) is 5.62. The van der Waals surface area contributed by atoms with Crippen molar-refractivity contribution >= 4 is 34.1 Å². The molecule has 1 atom stereocenters. The lowest BCUT2D eigenvalue weighted by Gasteiger charge is -2.29. The van der Waals surface area contributed by atoms with Crippen LogP contribution in [0.4, 0.5) is 11.4 Å². The number of carbonyl (C=O) groups is 2. The summed E-state index contributed by atoms with van der Waals surface area (Å²) in [5, 5.41) is 3.86. The number of likely N-dealkylation sites (N-methyl/N-ethyl adjacent to an activating group) is 1. The largest absolute Gasteiger partial charge is 0.378 e. The van der Waals surface area contributed by atoms with Gasteiger partial charge >= 0.3 is 0 Å². The van der Waals surface area contributed by atoms with Gasteiger partial charge < -0.3 is 15.1 Å². The summed E-state index contributed by atoms with van der Waals surface area (Å²) < 4.78 is 0. The number of anilines is 2. The Morgan fingerprint density at radius 2 is 1.39 bits per heavy atom. The Kier molecular flexibility index (Phi) is 7.83. The minimum absolute atomic E-state index is 0.265. The molecule has 0 saturated heterocycles. The van der Waals surface area contributed by atoms with Gasteiger partial charge in [0.2, 0.25) is 0 Å². The molecule has 0 saturated carbocycles. The molecule has 0 aliphatic carbocycles. The van der Waals surface area contributed by atoms with Gasteiger partial charge in [-0.25, -0.2) is 4.98 Å². The normalized spacial score (nSPS) is 11.6. The third kappa shape index (κ3) is 5.68. The predicted molar refractivity (Wildman–Crippen MR) is 167 cm³/mol. The van der Waals surface area contributed by atoms with Gasteiger partial charge in [-0.1, -0.05) is 78.9 Å². The zero-order chi connectivity index (χ0) is 29.1. The maximum absolute atomic E-state index is 14.3. The van der Waals surface area contributed by atoms with Gasteiger partial charge in [0.05, 0.1) is 16.8 Å². The standard InChI is InChI=1S/C35H34N4O2/c1-23-12-11-13-24(2)32(23)37-34(40)33(26-18-20-27(21-19-26)38(3)4)39(5)35(41)29-22-31(25-14-7-6-8-15-25)36-30-17-10-9-16-28(29)30/h6-22,33H,1-5H3,(H,37,40)/t33-/m0/s1. The van der Waals surface area contributed by atoms with E-state index in [1.807, 2.05) is 136 Å². The van der Waals surface area contributed by atoms with Gasteiger partial charge in [-0.2, -0.15) is 0 Å². The van der Waals surface area contributed by atoms with Crippen LogP contribution in [0.5, 0.6) is 0 Å². The lowest BCUT2D eigenvalue weighted by molar-refractivity contribution is -0.120. The summed E-state index contributed by atoms with van der Waals surface area (Å²) in [6.45, 7) is 3.93. The van der Waals surface area contributed by atoms with E-state index >= 15 is 0 Å². The molecule has 0 spiro atoms. The first kappa shape index (κ1) is 27.6. The summed E-state index contributed by atoms with van der Waals surface area (Å²) in [6, 6.07) is 32.0. The number of hydrogen-bond acceptors (Lipinski definition) is 4. The van der Waals surface area contributed by atoms with Crippen LogP contribution in [0.15, 0.2) is 103 Å². The Bertz CT molecular complexity index is 1690. The van der Waals surface area contributed by atoms with Gasteiger partial charge in [0, 0.05) is 43.5 Å². The van der Waals surface area contributed by atoms with Crippen LogP contribution >= 0.6 is 0 Å². The molecule has 5 aromatic rings. The molecule has 5 rings (SSSR count). The molecule has 1 N–H and O–H groups in total. The van der Waals surface area contributed by atoms with Crippen molar-refractivity contribution < 1.29 is 9.59 Å². The van der Waals surface area contributed by atoms with Gasteiger partial charge in [-0.3, -0.25) is 9.59 Å². The van der Waals surface area contributed by atoms with Crippen molar-refractivity contribution in [1.29, 1.82) is 0 Å². The van der Waals surface area contributed by atoms with Gasteiger partial charge in [0.15, 0.2) is 0 Å². The van der Waals surface area contributed by atoms with E-state index in [-0.39, 0.29) is 11.8 Å². The second-order valence-corrected chi connectivity index (χ2v) is 10.5. The second-order valence-electron chi connectivity index (χ2n) is 10.5. The number of fused-ring (bicyclic) bond motifs is 1. The van der Waals surface area contributed by atoms with Crippen molar-refractivity contribution in [3.63, 3.8) is 0 Å². The Balaban J connectivity index is 1.60. The van der Waals surface area contributed by atoms with Crippen LogP contribution < -0.4 is 10.2 Å². The lowest BCUT2D eigenvalue weighted by Crippen LogP contribution is -2.39. The molecule has 2 amide bonds. The van der Waals surface area contributed by atoms with Crippen molar-refractivity contribution in [1.82, 2.24) is 9.88 Å². The molecule has 6 heteroatoms. The Hall–Kier alpha value is -4.97. The highest BCUT2D eigenvalue weighted by Crippen LogP contribution is 2.31. The first-order valence-electron chi connectivity index (χ1n) is 13.6. The molecule has 1 aromatic heterocycles. The fourth-order valence-corrected chi connectivity index (χ4v) is 5.13. The van der Waals surface area contributed by atoms with E-state index in [2.05, 4.69) is 5.32 Å². The molecule has 6 nitrogen and oxygen atoms in total. The zero-order valence-corrected chi connectivity index (χ0v) is 24.1. The van der Waals surface area contributed by atoms with E-state index < -0.39 is 6.04 Å². The van der Waals surface area contributed by atoms with E-state index in [1.54, 1.807) is 7.05 Å². The second kappa shape index (κ2) is 11.6. The number of hydrogen-bond donors (Lipinski definition) is 1. The van der Waals surface area contributed by atoms with E-state index in [0.29, 0.717) is 11.3 Å². The van der Waals surface area contributed by atoms with Crippen molar-refractivity contribution in [3.05, 3.63) is 125 Å². The molecule has 206 valence electrons. The van der Waals surface area contributed by atoms with Gasteiger partial charge in [-0.05, 0) is 54.8 Å². The Labute approximate surface area is 241 Å². The predicted octanol–water partition coefficient (Wildman–Crippen LogP) is 7.04. The maximum atomic E-state index is 14.3. The number of amides is 2. The summed E-state index contributed by atoms with van der Waals surface area (Å²) in [5.74, 6) is -0.545. The first-order valence-corrected chi connectivity index (χ1v) is 13.6. The average Bonchev–Trinajstić information content (AvgIpc) is 2.99. The average molecular weight is 543 g/mol. The van der Waals surface area contributed by atoms with E-state index in [9.17, 15) is 9.59 Å². The summed E-state index contributed by atoms with van der Waals surface area (Å²) in [6.07, 6.45) is 0. The van der Waals surface area contributed by atoms with Crippen molar-refractivity contribution in [2.45, 2.75) is 19.9 Å². The molecule has 0 aliphatic heterocycles. The van der Waals surface area contributed by atoms with Crippen LogP contribution in [0.25, 0.3) is 22.2 Å². The number of rotatable bonds is 7. The van der Waals surface area contributed by atoms with Crippen LogP contribution in [-0.4, -0.2) is 42.8 Å². The molecule has 0 bridgehead atoms. The number of pyridine rings is 1. The molecule has 1 heterocycles. The molecular formula is C35H34N4O2. The highest BCUT2D eigenvalue weighted by Gasteiger charge is 2.31. The topological polar surface area (TPSA) is 65.5 Å². The third-order valence-electron chi connectivity index (χ3n) is 7.43. The number of aromatic nitrogens is 1. The minimum Gasteiger partial charge on any atom is -0.378 e. The molecule has 41 heavy (non-hydrogen) atoms. The van der Waals surface area contributed by atoms with Gasteiger partial charge in [0.25, 0.3) is 11.8 Å². The fourth-order valence-electron chi connectivity index (χ4n) is 5.13. The van der Waals surface area contributed by atoms with Crippen LogP contribution in [-0.2, 0) is 4.79 Å². The molecule has 4 aromatic carbocycles. The lowest BCUT2D eigenvalue weighted by atomic mass is 9.99. The van der Waals surface area contributed by atoms with E-state index in [0.717, 1.165) is 44.5 Å². The Morgan fingerprint density at radius 1 is 0.756 bits per heavy atom. The van der Waals surface area contributed by atoms with Crippen molar-refractivity contribution in [3.8, 4) is 11.3 Å². The Morgan fingerprint density at radius 3 is 2.05 bits per heavy atom. The van der Waals surface area contributed by atoms with E-state index in [1.165, 1.54) is 4.90 Å². The van der Waals surface area contributed by atoms with Crippen LogP contribution in [0.1, 0.15) is 33.1 Å². The third-order valence-corrected chi connectivity index (χ3v) is 7.43. The highest BCUT2D eigenvalue weighted by atomic mass is 16.2. The summed E-state index contributed by atoms with van der Waals surface area (Å²) in [4.78, 5) is 36.7. The van der Waals surface area contributed by atoms with Crippen molar-refractivity contribution in [2.75, 3.05) is 31.4 Å². The quantitative estimate of drug-likeness (QED) is 0.240. The first-order chi connectivity index (χ1) is 19.7. The number of benzene rings is 4. The maximum Gasteiger partial charge on any atom is 0.255 e. The number of nitrogens with one attached hydrogen (secondary N) is 1. The smallest absolute Gasteiger partial charge is 0.255 e. The van der Waals surface area contributed by atoms with Crippen LogP contribution in [0, 0.1) is 13.8 Å². The molecule has 0 aliphatic rings. The molecular weight excluding hydrogens is 508 g/mol. The number of carbonyl (C=O) groups excluding carboxylic acids is 2. The van der Waals surface area contributed by atoms with Gasteiger partial charge in [0.1, 0.15) is 6.04 Å². The van der Waals surface area contributed by atoms with Crippen molar-refractivity contribution in [2.24, 2.45) is 0 Å². The summed E-state index contributed by atoms with van der Waals surface area (Å²) >= 11 is 0. The highest BCUT2D eigenvalue weighted by molar-refractivity contribution is 6.09. The van der Waals surface area contributed by atoms with Gasteiger partial charge in [-0.15, -0.1) is 0 Å². The summed E-state index contributed by atoms with van der Waals surface area (Å²) in [5.41, 5.74) is 7.23. The molecule has 0 fully saturated rings. The number of aryl methyl sites for hydroxylation is 2. The molecule has 0 radical (unpaired) electrons. The van der Waals surface area contributed by atoms with Crippen LogP contribution in [0.2, 0.25) is 0 Å². The molecule has 0 unspecified atom stereocenters. The van der Waals surface area contributed by atoms with E-state index in [4.69, 9.17) is 4.98 Å². The number of para-hydroxylation sites is 2. The van der Waals surface area contributed by atoms with Crippen LogP contribution in [0.3, 0.4) is 0 Å². The minimum atomic E-state index is -0.871. The fraction of sp³-hybridized carbons (Fsp3) is 0.171.